The quantitative estimate of drug-likeness (QED) is 0.787. The molecule has 5 heteroatoms. The van der Waals surface area contributed by atoms with Crippen molar-refractivity contribution in [3.8, 4) is 0 Å². The highest BCUT2D eigenvalue weighted by atomic mass is 16.5. The second-order valence-corrected chi connectivity index (χ2v) is 8.18. The Morgan fingerprint density at radius 3 is 2.52 bits per heavy atom. The molecular formula is C20H28N2O3. The monoisotopic (exact) mass is 344 g/mol. The second kappa shape index (κ2) is 6.79. The standard InChI is InChI=1S/C20H28N2O3/c1-19(2,3)18(24)21-12-7-10-20(11-13-21)15-22(17(23)14-25-20)16-8-5-4-6-9-16/h4-6,8-9H,7,10-15H2,1-3H3. The molecule has 1 aromatic rings. The lowest BCUT2D eigenvalue weighted by Crippen LogP contribution is -2.55. The van der Waals surface area contributed by atoms with E-state index in [9.17, 15) is 9.59 Å². The van der Waals surface area contributed by atoms with E-state index < -0.39 is 0 Å². The number of nitrogens with zero attached hydrogens (tertiary/aromatic N) is 2. The lowest BCUT2D eigenvalue weighted by molar-refractivity contribution is -0.143. The van der Waals surface area contributed by atoms with E-state index in [1.165, 1.54) is 0 Å². The number of anilines is 1. The van der Waals surface area contributed by atoms with Gasteiger partial charge in [0.05, 0.1) is 12.1 Å². The van der Waals surface area contributed by atoms with Crippen LogP contribution in [0.25, 0.3) is 0 Å². The van der Waals surface area contributed by atoms with Gasteiger partial charge in [0.1, 0.15) is 6.61 Å². The van der Waals surface area contributed by atoms with Crippen LogP contribution < -0.4 is 4.90 Å². The van der Waals surface area contributed by atoms with Gasteiger partial charge in [0.25, 0.3) is 5.91 Å². The van der Waals surface area contributed by atoms with Crippen LogP contribution in [-0.2, 0) is 14.3 Å². The summed E-state index contributed by atoms with van der Waals surface area (Å²) in [6.45, 7) is 8.01. The first-order valence-electron chi connectivity index (χ1n) is 9.10. The first-order chi connectivity index (χ1) is 11.8. The molecule has 0 radical (unpaired) electrons. The number of likely N-dealkylation sites (tertiary alicyclic amines) is 1. The Morgan fingerprint density at radius 1 is 1.12 bits per heavy atom. The van der Waals surface area contributed by atoms with E-state index in [0.717, 1.165) is 31.5 Å². The van der Waals surface area contributed by atoms with E-state index in [2.05, 4.69) is 0 Å². The van der Waals surface area contributed by atoms with Gasteiger partial charge >= 0.3 is 0 Å². The molecular weight excluding hydrogens is 316 g/mol. The van der Waals surface area contributed by atoms with E-state index in [4.69, 9.17) is 4.74 Å². The van der Waals surface area contributed by atoms with E-state index in [1.807, 2.05) is 60.9 Å². The predicted octanol–water partition coefficient (Wildman–Crippen LogP) is 2.85. The van der Waals surface area contributed by atoms with Crippen molar-refractivity contribution in [1.82, 2.24) is 4.90 Å². The minimum Gasteiger partial charge on any atom is -0.363 e. The highest BCUT2D eigenvalue weighted by Gasteiger charge is 2.42. The zero-order valence-electron chi connectivity index (χ0n) is 15.5. The molecule has 2 saturated heterocycles. The van der Waals surface area contributed by atoms with Crippen LogP contribution >= 0.6 is 0 Å². The van der Waals surface area contributed by atoms with Crippen LogP contribution in [0.2, 0.25) is 0 Å². The number of morpholine rings is 1. The molecule has 2 aliphatic heterocycles. The minimum absolute atomic E-state index is 0.00342. The molecule has 2 amide bonds. The van der Waals surface area contributed by atoms with E-state index in [0.29, 0.717) is 13.1 Å². The molecule has 2 aliphatic rings. The zero-order chi connectivity index (χ0) is 18.1. The average molecular weight is 344 g/mol. The van der Waals surface area contributed by atoms with Gasteiger partial charge in [-0.05, 0) is 31.4 Å². The smallest absolute Gasteiger partial charge is 0.253 e. The largest absolute Gasteiger partial charge is 0.363 e. The second-order valence-electron chi connectivity index (χ2n) is 8.18. The van der Waals surface area contributed by atoms with Gasteiger partial charge in [0.15, 0.2) is 0 Å². The minimum atomic E-state index is -0.364. The van der Waals surface area contributed by atoms with Crippen LogP contribution in [0.3, 0.4) is 0 Å². The van der Waals surface area contributed by atoms with Crippen LogP contribution in [-0.4, -0.2) is 48.6 Å². The number of benzene rings is 1. The van der Waals surface area contributed by atoms with Gasteiger partial charge in [-0.2, -0.15) is 0 Å². The van der Waals surface area contributed by atoms with Crippen LogP contribution in [0.1, 0.15) is 40.0 Å². The molecule has 1 spiro atoms. The van der Waals surface area contributed by atoms with Crippen molar-refractivity contribution >= 4 is 17.5 Å². The van der Waals surface area contributed by atoms with Crippen LogP contribution in [0.5, 0.6) is 0 Å². The van der Waals surface area contributed by atoms with Crippen molar-refractivity contribution in [3.63, 3.8) is 0 Å². The molecule has 1 aromatic carbocycles. The van der Waals surface area contributed by atoms with Gasteiger partial charge in [-0.25, -0.2) is 0 Å². The fourth-order valence-electron chi connectivity index (χ4n) is 3.71. The topological polar surface area (TPSA) is 49.9 Å². The average Bonchev–Trinajstić information content (AvgIpc) is 2.79. The van der Waals surface area contributed by atoms with Gasteiger partial charge in [-0.15, -0.1) is 0 Å². The molecule has 25 heavy (non-hydrogen) atoms. The summed E-state index contributed by atoms with van der Waals surface area (Å²) in [7, 11) is 0. The van der Waals surface area contributed by atoms with E-state index >= 15 is 0 Å². The predicted molar refractivity (Wildman–Crippen MR) is 97.4 cm³/mol. The Balaban J connectivity index is 1.74. The summed E-state index contributed by atoms with van der Waals surface area (Å²) < 4.78 is 6.03. The molecule has 0 saturated carbocycles. The summed E-state index contributed by atoms with van der Waals surface area (Å²) in [5.41, 5.74) is 0.204. The number of amides is 2. The molecule has 3 rings (SSSR count). The van der Waals surface area contributed by atoms with Gasteiger partial charge < -0.3 is 14.5 Å². The SMILES string of the molecule is CC(C)(C)C(=O)N1CCCC2(CC1)CN(c1ccccc1)C(=O)CO2. The van der Waals surface area contributed by atoms with Crippen molar-refractivity contribution in [2.75, 3.05) is 31.1 Å². The fourth-order valence-corrected chi connectivity index (χ4v) is 3.71. The lowest BCUT2D eigenvalue weighted by atomic mass is 9.92. The van der Waals surface area contributed by atoms with Gasteiger partial charge in [0, 0.05) is 24.2 Å². The first-order valence-corrected chi connectivity index (χ1v) is 9.10. The summed E-state index contributed by atoms with van der Waals surface area (Å²) in [6, 6.07) is 9.76. The number of rotatable bonds is 1. The third-order valence-corrected chi connectivity index (χ3v) is 5.14. The van der Waals surface area contributed by atoms with Gasteiger partial charge in [-0.1, -0.05) is 39.0 Å². The number of ether oxygens (including phenoxy) is 1. The summed E-state index contributed by atoms with van der Waals surface area (Å²) in [5.74, 6) is 0.194. The maximum atomic E-state index is 12.6. The molecule has 0 bridgehead atoms. The zero-order valence-corrected chi connectivity index (χ0v) is 15.5. The van der Waals surface area contributed by atoms with Crippen LogP contribution in [0.4, 0.5) is 5.69 Å². The molecule has 1 unspecified atom stereocenters. The Hall–Kier alpha value is -1.88. The summed E-state index contributed by atoms with van der Waals surface area (Å²) in [6.07, 6.45) is 2.54. The molecule has 0 N–H and O–H groups in total. The normalized spacial score (nSPS) is 25.2. The Bertz CT molecular complexity index is 638. The molecule has 2 heterocycles. The number of hydrogen-bond donors (Lipinski definition) is 0. The van der Waals surface area contributed by atoms with Crippen LogP contribution in [0, 0.1) is 5.41 Å². The maximum Gasteiger partial charge on any atom is 0.253 e. The number of hydrogen-bond acceptors (Lipinski definition) is 3. The van der Waals surface area contributed by atoms with Gasteiger partial charge in [-0.3, -0.25) is 9.59 Å². The van der Waals surface area contributed by atoms with E-state index in [-0.39, 0.29) is 29.4 Å². The number of para-hydroxylation sites is 1. The van der Waals surface area contributed by atoms with Crippen molar-refractivity contribution in [2.24, 2.45) is 5.41 Å². The number of carbonyl (C=O) groups excluding carboxylic acids is 2. The molecule has 1 atom stereocenters. The summed E-state index contributed by atoms with van der Waals surface area (Å²) >= 11 is 0. The molecule has 5 nitrogen and oxygen atoms in total. The third kappa shape index (κ3) is 3.87. The van der Waals surface area contributed by atoms with E-state index in [1.54, 1.807) is 0 Å². The highest BCUT2D eigenvalue weighted by Crippen LogP contribution is 2.33. The van der Waals surface area contributed by atoms with Gasteiger partial charge in [0.2, 0.25) is 5.91 Å². The first kappa shape index (κ1) is 17.9. The highest BCUT2D eigenvalue weighted by molar-refractivity contribution is 5.95. The van der Waals surface area contributed by atoms with Crippen molar-refractivity contribution in [3.05, 3.63) is 30.3 Å². The Labute approximate surface area is 149 Å². The maximum absolute atomic E-state index is 12.6. The van der Waals surface area contributed by atoms with Crippen molar-refractivity contribution < 1.29 is 14.3 Å². The molecule has 0 aliphatic carbocycles. The summed E-state index contributed by atoms with van der Waals surface area (Å²) in [5, 5.41) is 0. The van der Waals surface area contributed by atoms with Crippen molar-refractivity contribution in [1.29, 1.82) is 0 Å². The fraction of sp³-hybridized carbons (Fsp3) is 0.600. The molecule has 136 valence electrons. The number of carbonyl (C=O) groups is 2. The third-order valence-electron chi connectivity index (χ3n) is 5.14. The lowest BCUT2D eigenvalue weighted by Gasteiger charge is -2.42. The molecule has 0 aromatic heterocycles. The van der Waals surface area contributed by atoms with Crippen LogP contribution in [0.15, 0.2) is 30.3 Å². The molecule has 2 fully saturated rings. The summed E-state index contributed by atoms with van der Waals surface area (Å²) in [4.78, 5) is 28.7. The van der Waals surface area contributed by atoms with Crippen molar-refractivity contribution in [2.45, 2.75) is 45.6 Å². The Morgan fingerprint density at radius 2 is 1.84 bits per heavy atom. The Kier molecular flexibility index (Phi) is 4.87.